The SMILES string of the molecule is CCN(Cc1ccccc1N)Cc1ncnn1C. The highest BCUT2D eigenvalue weighted by molar-refractivity contribution is 5.46. The van der Waals surface area contributed by atoms with Crippen molar-refractivity contribution in [1.82, 2.24) is 19.7 Å². The molecule has 0 radical (unpaired) electrons. The fourth-order valence-corrected chi connectivity index (χ4v) is 1.86. The Bertz CT molecular complexity index is 506. The molecule has 2 aromatic rings. The zero-order valence-electron chi connectivity index (χ0n) is 10.9. The summed E-state index contributed by atoms with van der Waals surface area (Å²) in [5.74, 6) is 0.964. The van der Waals surface area contributed by atoms with Gasteiger partial charge in [0.2, 0.25) is 0 Å². The van der Waals surface area contributed by atoms with Crippen LogP contribution in [-0.2, 0) is 20.1 Å². The molecule has 96 valence electrons. The molecule has 0 atom stereocenters. The van der Waals surface area contributed by atoms with E-state index in [0.717, 1.165) is 36.7 Å². The highest BCUT2D eigenvalue weighted by atomic mass is 15.3. The van der Waals surface area contributed by atoms with Crippen LogP contribution < -0.4 is 5.73 Å². The molecule has 5 nitrogen and oxygen atoms in total. The van der Waals surface area contributed by atoms with Crippen LogP contribution in [0.25, 0.3) is 0 Å². The molecule has 0 aliphatic heterocycles. The topological polar surface area (TPSA) is 60.0 Å². The molecule has 1 heterocycles. The maximum absolute atomic E-state index is 5.97. The molecule has 2 N–H and O–H groups in total. The van der Waals surface area contributed by atoms with Gasteiger partial charge in [0.05, 0.1) is 6.54 Å². The smallest absolute Gasteiger partial charge is 0.140 e. The van der Waals surface area contributed by atoms with Crippen LogP contribution in [0.5, 0.6) is 0 Å². The first-order valence-electron chi connectivity index (χ1n) is 6.09. The van der Waals surface area contributed by atoms with Gasteiger partial charge in [-0.2, -0.15) is 5.10 Å². The lowest BCUT2D eigenvalue weighted by Gasteiger charge is -2.20. The molecule has 0 saturated carbocycles. The van der Waals surface area contributed by atoms with Gasteiger partial charge in [-0.05, 0) is 18.2 Å². The number of aromatic nitrogens is 3. The van der Waals surface area contributed by atoms with Gasteiger partial charge in [-0.1, -0.05) is 25.1 Å². The summed E-state index contributed by atoms with van der Waals surface area (Å²) in [5.41, 5.74) is 7.96. The Kier molecular flexibility index (Phi) is 3.94. The number of para-hydroxylation sites is 1. The number of anilines is 1. The quantitative estimate of drug-likeness (QED) is 0.809. The maximum atomic E-state index is 5.97. The predicted octanol–water partition coefficient (Wildman–Crippen LogP) is 1.42. The number of nitrogens with zero attached hydrogens (tertiary/aromatic N) is 4. The lowest BCUT2D eigenvalue weighted by Crippen LogP contribution is -2.24. The van der Waals surface area contributed by atoms with Crippen molar-refractivity contribution in [2.75, 3.05) is 12.3 Å². The van der Waals surface area contributed by atoms with E-state index in [9.17, 15) is 0 Å². The van der Waals surface area contributed by atoms with Crippen molar-refractivity contribution < 1.29 is 0 Å². The summed E-state index contributed by atoms with van der Waals surface area (Å²) in [6.45, 7) is 4.69. The Balaban J connectivity index is 2.06. The number of hydrogen-bond donors (Lipinski definition) is 1. The van der Waals surface area contributed by atoms with Crippen molar-refractivity contribution in [3.8, 4) is 0 Å². The Morgan fingerprint density at radius 2 is 2.06 bits per heavy atom. The lowest BCUT2D eigenvalue weighted by molar-refractivity contribution is 0.261. The molecule has 5 heteroatoms. The van der Waals surface area contributed by atoms with Crippen LogP contribution in [0.4, 0.5) is 5.69 Å². The van der Waals surface area contributed by atoms with Crippen LogP contribution >= 0.6 is 0 Å². The zero-order valence-corrected chi connectivity index (χ0v) is 10.9. The molecule has 0 amide bonds. The average Bonchev–Trinajstić information content (AvgIpc) is 2.77. The fourth-order valence-electron chi connectivity index (χ4n) is 1.86. The molecule has 0 saturated heterocycles. The van der Waals surface area contributed by atoms with Crippen molar-refractivity contribution in [2.24, 2.45) is 7.05 Å². The largest absolute Gasteiger partial charge is 0.398 e. The summed E-state index contributed by atoms with van der Waals surface area (Å²) in [6.07, 6.45) is 1.58. The highest BCUT2D eigenvalue weighted by Gasteiger charge is 2.09. The predicted molar refractivity (Wildman–Crippen MR) is 71.6 cm³/mol. The summed E-state index contributed by atoms with van der Waals surface area (Å²) in [4.78, 5) is 6.53. The minimum absolute atomic E-state index is 0.779. The van der Waals surface area contributed by atoms with Gasteiger partial charge in [-0.15, -0.1) is 0 Å². The van der Waals surface area contributed by atoms with Gasteiger partial charge in [0.25, 0.3) is 0 Å². The Morgan fingerprint density at radius 3 is 2.67 bits per heavy atom. The van der Waals surface area contributed by atoms with Gasteiger partial charge in [0, 0.05) is 19.3 Å². The Labute approximate surface area is 107 Å². The van der Waals surface area contributed by atoms with E-state index < -0.39 is 0 Å². The number of hydrogen-bond acceptors (Lipinski definition) is 4. The second-order valence-corrected chi connectivity index (χ2v) is 4.30. The van der Waals surface area contributed by atoms with E-state index in [1.54, 1.807) is 11.0 Å². The minimum Gasteiger partial charge on any atom is -0.398 e. The zero-order chi connectivity index (χ0) is 13.0. The van der Waals surface area contributed by atoms with E-state index in [0.29, 0.717) is 0 Å². The molecule has 0 unspecified atom stereocenters. The Hall–Kier alpha value is -1.88. The molecule has 0 bridgehead atoms. The van der Waals surface area contributed by atoms with Crippen molar-refractivity contribution in [3.63, 3.8) is 0 Å². The number of nitrogen functional groups attached to an aromatic ring is 1. The highest BCUT2D eigenvalue weighted by Crippen LogP contribution is 2.14. The normalized spacial score (nSPS) is 11.1. The van der Waals surface area contributed by atoms with Crippen LogP contribution in [0.3, 0.4) is 0 Å². The maximum Gasteiger partial charge on any atom is 0.140 e. The average molecular weight is 245 g/mol. The molecule has 0 aliphatic rings. The molecule has 2 rings (SSSR count). The van der Waals surface area contributed by atoms with Gasteiger partial charge in [-0.3, -0.25) is 9.58 Å². The van der Waals surface area contributed by atoms with Gasteiger partial charge >= 0.3 is 0 Å². The molecule has 0 aliphatic carbocycles. The van der Waals surface area contributed by atoms with E-state index >= 15 is 0 Å². The summed E-state index contributed by atoms with van der Waals surface area (Å²) in [7, 11) is 1.91. The molecule has 1 aromatic carbocycles. The second kappa shape index (κ2) is 5.64. The molecule has 1 aromatic heterocycles. The molecule has 18 heavy (non-hydrogen) atoms. The number of aryl methyl sites for hydroxylation is 1. The van der Waals surface area contributed by atoms with Gasteiger partial charge < -0.3 is 5.73 Å². The van der Waals surface area contributed by atoms with Crippen LogP contribution in [0, 0.1) is 0 Å². The molecular weight excluding hydrogens is 226 g/mol. The van der Waals surface area contributed by atoms with Crippen molar-refractivity contribution in [3.05, 3.63) is 42.0 Å². The first-order valence-corrected chi connectivity index (χ1v) is 6.09. The van der Waals surface area contributed by atoms with Crippen LogP contribution in [0.1, 0.15) is 18.3 Å². The Morgan fingerprint density at radius 1 is 1.28 bits per heavy atom. The number of rotatable bonds is 5. The van der Waals surface area contributed by atoms with E-state index in [4.69, 9.17) is 5.73 Å². The molecule has 0 fully saturated rings. The fraction of sp³-hybridized carbons (Fsp3) is 0.385. The van der Waals surface area contributed by atoms with Crippen molar-refractivity contribution in [1.29, 1.82) is 0 Å². The third kappa shape index (κ3) is 2.87. The van der Waals surface area contributed by atoms with Gasteiger partial charge in [0.1, 0.15) is 12.2 Å². The first-order chi connectivity index (χ1) is 8.70. The lowest BCUT2D eigenvalue weighted by atomic mass is 10.1. The number of nitrogens with two attached hydrogens (primary N) is 1. The third-order valence-corrected chi connectivity index (χ3v) is 3.07. The van der Waals surface area contributed by atoms with Crippen molar-refractivity contribution >= 4 is 5.69 Å². The molecule has 0 spiro atoms. The summed E-state index contributed by atoms with van der Waals surface area (Å²) in [6, 6.07) is 7.97. The van der Waals surface area contributed by atoms with E-state index in [1.165, 1.54) is 0 Å². The minimum atomic E-state index is 0.779. The number of benzene rings is 1. The van der Waals surface area contributed by atoms with E-state index in [2.05, 4.69) is 28.0 Å². The summed E-state index contributed by atoms with van der Waals surface area (Å²) in [5, 5.41) is 4.08. The van der Waals surface area contributed by atoms with E-state index in [1.807, 2.05) is 25.2 Å². The van der Waals surface area contributed by atoms with Gasteiger partial charge in [0.15, 0.2) is 0 Å². The second-order valence-electron chi connectivity index (χ2n) is 4.30. The summed E-state index contributed by atoms with van der Waals surface area (Å²) < 4.78 is 1.80. The first kappa shape index (κ1) is 12.6. The van der Waals surface area contributed by atoms with Gasteiger partial charge in [-0.25, -0.2) is 4.98 Å². The monoisotopic (exact) mass is 245 g/mol. The van der Waals surface area contributed by atoms with Crippen LogP contribution in [0.2, 0.25) is 0 Å². The standard InChI is InChI=1S/C13H19N5/c1-3-18(9-13-15-10-16-17(13)2)8-11-6-4-5-7-12(11)14/h4-7,10H,3,8-9,14H2,1-2H3. The molecular formula is C13H19N5. The summed E-state index contributed by atoms with van der Waals surface area (Å²) >= 11 is 0. The van der Waals surface area contributed by atoms with Crippen LogP contribution in [-0.4, -0.2) is 26.2 Å². The van der Waals surface area contributed by atoms with E-state index in [-0.39, 0.29) is 0 Å². The third-order valence-electron chi connectivity index (χ3n) is 3.07. The van der Waals surface area contributed by atoms with Crippen LogP contribution in [0.15, 0.2) is 30.6 Å². The van der Waals surface area contributed by atoms with Crippen molar-refractivity contribution in [2.45, 2.75) is 20.0 Å².